The second-order valence-corrected chi connectivity index (χ2v) is 8.41. The fraction of sp³-hybridized carbons (Fsp3) is 0.458. The maximum absolute atomic E-state index is 13.4. The summed E-state index contributed by atoms with van der Waals surface area (Å²) in [6.07, 6.45) is 0.883. The summed E-state index contributed by atoms with van der Waals surface area (Å²) in [5.74, 6) is 1.14. The number of halogens is 1. The number of carbonyl (C=O) groups excluding carboxylic acids is 1. The minimum Gasteiger partial charge on any atom is -0.493 e. The molecule has 1 aliphatic heterocycles. The van der Waals surface area contributed by atoms with Gasteiger partial charge in [0.25, 0.3) is 0 Å². The molecule has 7 heteroatoms. The molecule has 1 aliphatic rings. The highest BCUT2D eigenvalue weighted by Gasteiger charge is 2.37. The number of methoxy groups -OCH3 is 2. The number of amides is 2. The topological polar surface area (TPSA) is 64.0 Å². The van der Waals surface area contributed by atoms with Gasteiger partial charge in [-0.15, -0.1) is 0 Å². The molecule has 1 heterocycles. The number of urea groups is 1. The maximum Gasteiger partial charge on any atom is 0.315 e. The zero-order valence-electron chi connectivity index (χ0n) is 18.9. The van der Waals surface area contributed by atoms with E-state index in [1.165, 1.54) is 22.6 Å². The summed E-state index contributed by atoms with van der Waals surface area (Å²) in [5.41, 5.74) is 3.39. The van der Waals surface area contributed by atoms with Crippen LogP contribution in [0.4, 0.5) is 9.18 Å². The molecule has 3 rings (SSSR count). The zero-order valence-corrected chi connectivity index (χ0v) is 18.9. The first kappa shape index (κ1) is 22.9. The van der Waals surface area contributed by atoms with Crippen molar-refractivity contribution in [2.45, 2.75) is 51.9 Å². The Hall–Kier alpha value is -2.80. The summed E-state index contributed by atoms with van der Waals surface area (Å²) >= 11 is 0. The van der Waals surface area contributed by atoms with Crippen molar-refractivity contribution in [2.75, 3.05) is 20.8 Å². The van der Waals surface area contributed by atoms with E-state index in [9.17, 15) is 9.18 Å². The Morgan fingerprint density at radius 2 is 1.74 bits per heavy atom. The third-order valence-electron chi connectivity index (χ3n) is 5.76. The van der Waals surface area contributed by atoms with Gasteiger partial charge in [-0.05, 0) is 50.6 Å². The van der Waals surface area contributed by atoms with Gasteiger partial charge in [0.1, 0.15) is 18.4 Å². The molecule has 0 fully saturated rings. The minimum atomic E-state index is -0.239. The van der Waals surface area contributed by atoms with Crippen LogP contribution in [0.15, 0.2) is 36.4 Å². The van der Waals surface area contributed by atoms with E-state index in [0.29, 0.717) is 11.5 Å². The lowest BCUT2D eigenvalue weighted by Gasteiger charge is -2.38. The van der Waals surface area contributed by atoms with Crippen molar-refractivity contribution in [1.82, 2.24) is 10.6 Å². The number of fused-ring (bicyclic) bond motifs is 1. The standard InChI is InChI=1S/C24H32FN3O3/c1-15(2)26-24(29)27-16(3)23-20-13-22(31-5)21(30-4)12-18(20)10-11-28(23)14-17-6-8-19(25)9-7-17/h6-9,12-13,15-16,23H,10-11,14H2,1-5H3,(H2,26,27,29)/p+1/t16-,23+/m1/s1. The number of carbonyl (C=O) groups is 1. The van der Waals surface area contributed by atoms with Crippen LogP contribution in [0, 0.1) is 5.82 Å². The molecule has 2 aromatic carbocycles. The summed E-state index contributed by atoms with van der Waals surface area (Å²) in [6, 6.07) is 10.4. The second kappa shape index (κ2) is 10.0. The summed E-state index contributed by atoms with van der Waals surface area (Å²) in [6.45, 7) is 7.52. The van der Waals surface area contributed by atoms with Gasteiger partial charge in [0, 0.05) is 23.6 Å². The Kier molecular flexibility index (Phi) is 7.38. The van der Waals surface area contributed by atoms with E-state index in [4.69, 9.17) is 9.47 Å². The van der Waals surface area contributed by atoms with Crippen LogP contribution in [0.25, 0.3) is 0 Å². The van der Waals surface area contributed by atoms with Gasteiger partial charge in [-0.25, -0.2) is 9.18 Å². The van der Waals surface area contributed by atoms with Crippen LogP contribution in [-0.4, -0.2) is 38.9 Å². The largest absolute Gasteiger partial charge is 0.493 e. The molecule has 1 unspecified atom stereocenters. The molecule has 0 saturated heterocycles. The maximum atomic E-state index is 13.4. The van der Waals surface area contributed by atoms with Crippen molar-refractivity contribution in [2.24, 2.45) is 0 Å². The number of quaternary nitrogens is 1. The Bertz CT molecular complexity index is 902. The lowest BCUT2D eigenvalue weighted by Crippen LogP contribution is -3.13. The zero-order chi connectivity index (χ0) is 22.5. The van der Waals surface area contributed by atoms with E-state index in [1.807, 2.05) is 45.0 Å². The molecule has 0 spiro atoms. The van der Waals surface area contributed by atoms with Crippen LogP contribution >= 0.6 is 0 Å². The Balaban J connectivity index is 1.95. The predicted molar refractivity (Wildman–Crippen MR) is 118 cm³/mol. The van der Waals surface area contributed by atoms with E-state index < -0.39 is 0 Å². The van der Waals surface area contributed by atoms with Crippen LogP contribution in [-0.2, 0) is 13.0 Å². The normalized spacial score (nSPS) is 18.8. The highest BCUT2D eigenvalue weighted by molar-refractivity contribution is 5.74. The van der Waals surface area contributed by atoms with Crippen LogP contribution < -0.4 is 25.0 Å². The van der Waals surface area contributed by atoms with E-state index in [0.717, 1.165) is 30.6 Å². The first-order chi connectivity index (χ1) is 14.8. The van der Waals surface area contributed by atoms with Gasteiger partial charge < -0.3 is 25.0 Å². The molecule has 2 amide bonds. The number of hydrogen-bond donors (Lipinski definition) is 3. The highest BCUT2D eigenvalue weighted by atomic mass is 19.1. The number of hydrogen-bond acceptors (Lipinski definition) is 3. The van der Waals surface area contributed by atoms with Crippen molar-refractivity contribution in [3.8, 4) is 11.5 Å². The summed E-state index contributed by atoms with van der Waals surface area (Å²) in [4.78, 5) is 13.7. The van der Waals surface area contributed by atoms with E-state index >= 15 is 0 Å². The Morgan fingerprint density at radius 3 is 2.35 bits per heavy atom. The van der Waals surface area contributed by atoms with Crippen molar-refractivity contribution >= 4 is 6.03 Å². The molecule has 0 aliphatic carbocycles. The average Bonchev–Trinajstić information content (AvgIpc) is 2.73. The quantitative estimate of drug-likeness (QED) is 0.633. The predicted octanol–water partition coefficient (Wildman–Crippen LogP) is 2.62. The molecule has 3 atom stereocenters. The first-order valence-corrected chi connectivity index (χ1v) is 10.7. The molecule has 0 aromatic heterocycles. The highest BCUT2D eigenvalue weighted by Crippen LogP contribution is 2.35. The first-order valence-electron chi connectivity index (χ1n) is 10.7. The molecule has 2 aromatic rings. The van der Waals surface area contributed by atoms with Gasteiger partial charge >= 0.3 is 6.03 Å². The third kappa shape index (κ3) is 5.47. The molecular formula is C24H33FN3O3+. The Labute approximate surface area is 183 Å². The molecule has 31 heavy (non-hydrogen) atoms. The number of ether oxygens (including phenoxy) is 2. The fourth-order valence-electron chi connectivity index (χ4n) is 4.39. The smallest absolute Gasteiger partial charge is 0.315 e. The SMILES string of the molecule is COc1cc2c(cc1OC)[C@H]([C@@H](C)NC(=O)NC(C)C)[NH+](Cc1ccc(F)cc1)CC2. The van der Waals surface area contributed by atoms with Gasteiger partial charge in [-0.1, -0.05) is 12.1 Å². The van der Waals surface area contributed by atoms with Gasteiger partial charge in [-0.2, -0.15) is 0 Å². The number of benzene rings is 2. The van der Waals surface area contributed by atoms with Gasteiger partial charge in [0.15, 0.2) is 11.5 Å². The van der Waals surface area contributed by atoms with E-state index in [1.54, 1.807) is 14.2 Å². The molecule has 3 N–H and O–H groups in total. The third-order valence-corrected chi connectivity index (χ3v) is 5.76. The lowest BCUT2D eigenvalue weighted by atomic mass is 9.87. The van der Waals surface area contributed by atoms with Crippen molar-refractivity contribution in [1.29, 1.82) is 0 Å². The molecule has 0 bridgehead atoms. The fourth-order valence-corrected chi connectivity index (χ4v) is 4.39. The second-order valence-electron chi connectivity index (χ2n) is 8.41. The van der Waals surface area contributed by atoms with Crippen LogP contribution in [0.1, 0.15) is 43.5 Å². The summed E-state index contributed by atoms with van der Waals surface area (Å²) < 4.78 is 24.4. The monoisotopic (exact) mass is 430 g/mol. The van der Waals surface area contributed by atoms with Crippen LogP contribution in [0.2, 0.25) is 0 Å². The van der Waals surface area contributed by atoms with Crippen LogP contribution in [0.5, 0.6) is 11.5 Å². The minimum absolute atomic E-state index is 0.00604. The van der Waals surface area contributed by atoms with E-state index in [2.05, 4.69) is 10.6 Å². The van der Waals surface area contributed by atoms with Crippen molar-refractivity contribution < 1.29 is 23.6 Å². The molecule has 0 radical (unpaired) electrons. The summed E-state index contributed by atoms with van der Waals surface area (Å²) in [5, 5.41) is 6.01. The van der Waals surface area contributed by atoms with Crippen molar-refractivity contribution in [3.63, 3.8) is 0 Å². The van der Waals surface area contributed by atoms with E-state index in [-0.39, 0.29) is 30.0 Å². The van der Waals surface area contributed by atoms with Gasteiger partial charge in [0.2, 0.25) is 0 Å². The van der Waals surface area contributed by atoms with Gasteiger partial charge in [-0.3, -0.25) is 0 Å². The lowest BCUT2D eigenvalue weighted by molar-refractivity contribution is -0.948. The molecular weight excluding hydrogens is 397 g/mol. The van der Waals surface area contributed by atoms with Gasteiger partial charge in [0.05, 0.1) is 26.8 Å². The number of rotatable bonds is 7. The van der Waals surface area contributed by atoms with Crippen molar-refractivity contribution in [3.05, 3.63) is 58.9 Å². The molecule has 6 nitrogen and oxygen atoms in total. The summed E-state index contributed by atoms with van der Waals surface area (Å²) in [7, 11) is 3.26. The number of nitrogens with one attached hydrogen (secondary N) is 3. The molecule has 168 valence electrons. The average molecular weight is 431 g/mol. The van der Waals surface area contributed by atoms with Crippen LogP contribution in [0.3, 0.4) is 0 Å². The molecule has 0 saturated carbocycles. The Morgan fingerprint density at radius 1 is 1.10 bits per heavy atom.